The van der Waals surface area contributed by atoms with Crippen LogP contribution in [-0.2, 0) is 4.74 Å². The van der Waals surface area contributed by atoms with Gasteiger partial charge in [0.15, 0.2) is 11.6 Å². The molecule has 0 aromatic heterocycles. The van der Waals surface area contributed by atoms with E-state index in [-0.39, 0.29) is 0 Å². The molecule has 0 radical (unpaired) electrons. The van der Waals surface area contributed by atoms with Crippen LogP contribution in [0.2, 0.25) is 0 Å². The number of rotatable bonds is 2. The summed E-state index contributed by atoms with van der Waals surface area (Å²) in [5.74, 6) is 0.576. The lowest BCUT2D eigenvalue weighted by molar-refractivity contribution is 0.0875. The minimum atomic E-state index is -1.01. The van der Waals surface area contributed by atoms with E-state index in [1.54, 1.807) is 21.0 Å². The summed E-state index contributed by atoms with van der Waals surface area (Å²) in [6.45, 7) is 5.15. The van der Waals surface area contributed by atoms with E-state index in [4.69, 9.17) is 4.74 Å². The zero-order valence-corrected chi connectivity index (χ0v) is 7.01. The zero-order valence-electron chi connectivity index (χ0n) is 7.01. The topological polar surface area (TPSA) is 41.8 Å². The lowest BCUT2D eigenvalue weighted by Gasteiger charge is -2.12. The highest BCUT2D eigenvalue weighted by atomic mass is 16.5. The van der Waals surface area contributed by atoms with Crippen molar-refractivity contribution in [1.82, 2.24) is 0 Å². The summed E-state index contributed by atoms with van der Waals surface area (Å²) in [7, 11) is 1.55. The average Bonchev–Trinajstić information content (AvgIpc) is 1.81. The largest absolute Gasteiger partial charge is 0.484 e. The molecule has 0 atom stereocenters. The van der Waals surface area contributed by atoms with Crippen molar-refractivity contribution in [2.45, 2.75) is 32.9 Å². The molecule has 0 unspecified atom stereocenters. The summed E-state index contributed by atoms with van der Waals surface area (Å²) >= 11 is 0. The van der Waals surface area contributed by atoms with Gasteiger partial charge in [0.2, 0.25) is 0 Å². The number of hydrogen-bond donors (Lipinski definition) is 1. The predicted molar refractivity (Wildman–Crippen MR) is 41.0 cm³/mol. The molecule has 0 aliphatic carbocycles. The standard InChI is InChI=1S/C7H15NO2/c1-5-6(10-4)8-7(2,3)9/h9H,5H2,1-4H3. The molecule has 0 aromatic rings. The van der Waals surface area contributed by atoms with Crippen LogP contribution in [0.3, 0.4) is 0 Å². The average molecular weight is 145 g/mol. The predicted octanol–water partition coefficient (Wildman–Crippen LogP) is 1.17. The van der Waals surface area contributed by atoms with Gasteiger partial charge in [-0.1, -0.05) is 6.92 Å². The number of nitrogens with zero attached hydrogens (tertiary/aromatic N) is 1. The molecule has 10 heavy (non-hydrogen) atoms. The molecule has 0 aliphatic heterocycles. The van der Waals surface area contributed by atoms with Crippen LogP contribution in [0.25, 0.3) is 0 Å². The molecule has 1 N–H and O–H groups in total. The van der Waals surface area contributed by atoms with Crippen LogP contribution in [0, 0.1) is 0 Å². The summed E-state index contributed by atoms with van der Waals surface area (Å²) in [6, 6.07) is 0. The van der Waals surface area contributed by atoms with Gasteiger partial charge in [-0.15, -0.1) is 0 Å². The van der Waals surface area contributed by atoms with Gasteiger partial charge < -0.3 is 9.84 Å². The third kappa shape index (κ3) is 4.32. The van der Waals surface area contributed by atoms with Crippen LogP contribution in [0.15, 0.2) is 4.99 Å². The van der Waals surface area contributed by atoms with E-state index in [1.807, 2.05) is 6.92 Å². The molecule has 0 saturated heterocycles. The zero-order chi connectivity index (χ0) is 8.20. The number of aliphatic hydroxyl groups is 1. The van der Waals surface area contributed by atoms with Crippen molar-refractivity contribution in [1.29, 1.82) is 0 Å². The molecule has 3 heteroatoms. The Balaban J connectivity index is 4.11. The number of hydrogen-bond acceptors (Lipinski definition) is 3. The van der Waals surface area contributed by atoms with E-state index >= 15 is 0 Å². The van der Waals surface area contributed by atoms with Gasteiger partial charge >= 0.3 is 0 Å². The van der Waals surface area contributed by atoms with Crippen LogP contribution in [0.1, 0.15) is 27.2 Å². The Kier molecular flexibility index (Phi) is 3.36. The maximum atomic E-state index is 9.18. The van der Waals surface area contributed by atoms with Gasteiger partial charge in [0.25, 0.3) is 0 Å². The van der Waals surface area contributed by atoms with Crippen molar-refractivity contribution in [2.24, 2.45) is 4.99 Å². The first kappa shape index (κ1) is 9.43. The highest BCUT2D eigenvalue weighted by Gasteiger charge is 2.10. The molecule has 0 rings (SSSR count). The van der Waals surface area contributed by atoms with Crippen LogP contribution in [0.4, 0.5) is 0 Å². The molecule has 0 bridgehead atoms. The minimum Gasteiger partial charge on any atom is -0.484 e. The second-order valence-electron chi connectivity index (χ2n) is 2.56. The summed E-state index contributed by atoms with van der Waals surface area (Å²) in [5, 5.41) is 9.18. The summed E-state index contributed by atoms with van der Waals surface area (Å²) in [5.41, 5.74) is -1.01. The smallest absolute Gasteiger partial charge is 0.185 e. The van der Waals surface area contributed by atoms with E-state index in [1.165, 1.54) is 0 Å². The first-order valence-corrected chi connectivity index (χ1v) is 3.34. The highest BCUT2D eigenvalue weighted by molar-refractivity contribution is 5.75. The first-order valence-electron chi connectivity index (χ1n) is 3.34. The van der Waals surface area contributed by atoms with E-state index < -0.39 is 5.72 Å². The van der Waals surface area contributed by atoms with Gasteiger partial charge in [-0.2, -0.15) is 0 Å². The lowest BCUT2D eigenvalue weighted by atomic mass is 10.3. The van der Waals surface area contributed by atoms with E-state index in [0.717, 1.165) is 0 Å². The van der Waals surface area contributed by atoms with Crippen molar-refractivity contribution >= 4 is 5.90 Å². The number of ether oxygens (including phenoxy) is 1. The SMILES string of the molecule is CCC(=NC(C)(C)O)OC. The lowest BCUT2D eigenvalue weighted by Crippen LogP contribution is -2.18. The monoisotopic (exact) mass is 145 g/mol. The highest BCUT2D eigenvalue weighted by Crippen LogP contribution is 2.04. The molecule has 3 nitrogen and oxygen atoms in total. The van der Waals surface area contributed by atoms with E-state index in [0.29, 0.717) is 12.3 Å². The van der Waals surface area contributed by atoms with E-state index in [2.05, 4.69) is 4.99 Å². The molecular weight excluding hydrogens is 130 g/mol. The third-order valence-corrected chi connectivity index (χ3v) is 0.936. The van der Waals surface area contributed by atoms with Gasteiger partial charge in [-0.3, -0.25) is 0 Å². The Hall–Kier alpha value is -0.570. The Morgan fingerprint density at radius 1 is 1.60 bits per heavy atom. The van der Waals surface area contributed by atoms with Crippen molar-refractivity contribution in [2.75, 3.05) is 7.11 Å². The second-order valence-corrected chi connectivity index (χ2v) is 2.56. The van der Waals surface area contributed by atoms with Crippen LogP contribution < -0.4 is 0 Å². The minimum absolute atomic E-state index is 0.576. The summed E-state index contributed by atoms with van der Waals surface area (Å²) < 4.78 is 4.87. The Bertz CT molecular complexity index is 118. The van der Waals surface area contributed by atoms with Crippen LogP contribution >= 0.6 is 0 Å². The Morgan fingerprint density at radius 2 is 2.10 bits per heavy atom. The molecule has 60 valence electrons. The van der Waals surface area contributed by atoms with Gasteiger partial charge in [-0.05, 0) is 13.8 Å². The van der Waals surface area contributed by atoms with Crippen molar-refractivity contribution in [3.05, 3.63) is 0 Å². The Labute approximate surface area is 61.7 Å². The number of methoxy groups -OCH3 is 1. The van der Waals surface area contributed by atoms with Crippen molar-refractivity contribution in [3.8, 4) is 0 Å². The summed E-state index contributed by atoms with van der Waals surface area (Å²) in [6.07, 6.45) is 0.709. The normalized spacial score (nSPS) is 13.5. The molecule has 0 spiro atoms. The Morgan fingerprint density at radius 3 is 2.20 bits per heavy atom. The third-order valence-electron chi connectivity index (χ3n) is 0.936. The molecule has 0 aromatic carbocycles. The van der Waals surface area contributed by atoms with Crippen molar-refractivity contribution in [3.63, 3.8) is 0 Å². The molecule has 0 saturated carbocycles. The van der Waals surface area contributed by atoms with Crippen molar-refractivity contribution < 1.29 is 9.84 Å². The maximum Gasteiger partial charge on any atom is 0.185 e. The van der Waals surface area contributed by atoms with E-state index in [9.17, 15) is 5.11 Å². The molecule has 0 heterocycles. The van der Waals surface area contributed by atoms with Crippen LogP contribution in [0.5, 0.6) is 0 Å². The fraction of sp³-hybridized carbons (Fsp3) is 0.857. The second kappa shape index (κ2) is 3.56. The molecular formula is C7H15NO2. The van der Waals surface area contributed by atoms with Crippen LogP contribution in [-0.4, -0.2) is 23.8 Å². The van der Waals surface area contributed by atoms with Gasteiger partial charge in [0.1, 0.15) is 0 Å². The first-order chi connectivity index (χ1) is 4.49. The van der Waals surface area contributed by atoms with Gasteiger partial charge in [0, 0.05) is 6.42 Å². The molecule has 0 aliphatic rings. The van der Waals surface area contributed by atoms with Gasteiger partial charge in [-0.25, -0.2) is 4.99 Å². The number of aliphatic imine (C=N–C) groups is 1. The quantitative estimate of drug-likeness (QED) is 0.468. The van der Waals surface area contributed by atoms with Gasteiger partial charge in [0.05, 0.1) is 7.11 Å². The fourth-order valence-electron chi connectivity index (χ4n) is 0.574. The molecule has 0 fully saturated rings. The maximum absolute atomic E-state index is 9.18. The summed E-state index contributed by atoms with van der Waals surface area (Å²) in [4.78, 5) is 3.90. The fourth-order valence-corrected chi connectivity index (χ4v) is 0.574. The molecule has 0 amide bonds.